The van der Waals surface area contributed by atoms with Gasteiger partial charge in [-0.2, -0.15) is 0 Å². The van der Waals surface area contributed by atoms with Crippen LogP contribution in [0.25, 0.3) is 0 Å². The van der Waals surface area contributed by atoms with Crippen molar-refractivity contribution in [3.63, 3.8) is 0 Å². The third-order valence-corrected chi connectivity index (χ3v) is 3.55. The molecule has 1 aliphatic heterocycles. The zero-order chi connectivity index (χ0) is 13.7. The minimum absolute atomic E-state index is 0.155. The van der Waals surface area contributed by atoms with Gasteiger partial charge in [0.25, 0.3) is 0 Å². The third-order valence-electron chi connectivity index (χ3n) is 3.55. The van der Waals surface area contributed by atoms with E-state index >= 15 is 0 Å². The molecule has 1 saturated heterocycles. The molecule has 0 spiro atoms. The molecule has 1 aromatic carbocycles. The average molecular weight is 263 g/mol. The number of hydrogen-bond acceptors (Lipinski definition) is 3. The second-order valence-electron chi connectivity index (χ2n) is 5.52. The summed E-state index contributed by atoms with van der Waals surface area (Å²) in [6.07, 6.45) is 4.58. The van der Waals surface area contributed by atoms with Crippen LogP contribution in [0.3, 0.4) is 0 Å². The molecule has 2 atom stereocenters. The molecule has 1 aliphatic rings. The summed E-state index contributed by atoms with van der Waals surface area (Å²) >= 11 is 0. The first-order valence-corrected chi connectivity index (χ1v) is 7.25. The average Bonchev–Trinajstić information content (AvgIpc) is 2.85. The van der Waals surface area contributed by atoms with Crippen LogP contribution in [0.15, 0.2) is 18.2 Å². The molecule has 0 aliphatic carbocycles. The highest BCUT2D eigenvalue weighted by Crippen LogP contribution is 2.25. The molecule has 1 fully saturated rings. The summed E-state index contributed by atoms with van der Waals surface area (Å²) in [6, 6.07) is 6.42. The molecule has 0 aromatic heterocycles. The minimum atomic E-state index is 0.155. The van der Waals surface area contributed by atoms with E-state index in [-0.39, 0.29) is 6.04 Å². The Balaban J connectivity index is 1.93. The van der Waals surface area contributed by atoms with Gasteiger partial charge >= 0.3 is 0 Å². The van der Waals surface area contributed by atoms with E-state index < -0.39 is 0 Å². The van der Waals surface area contributed by atoms with E-state index in [2.05, 4.69) is 25.1 Å². The van der Waals surface area contributed by atoms with Crippen LogP contribution in [0.1, 0.15) is 37.3 Å². The van der Waals surface area contributed by atoms with Crippen LogP contribution < -0.4 is 10.5 Å². The minimum Gasteiger partial charge on any atom is -0.493 e. The fraction of sp³-hybridized carbons (Fsp3) is 0.625. The molecule has 2 rings (SSSR count). The van der Waals surface area contributed by atoms with Gasteiger partial charge in [-0.25, -0.2) is 0 Å². The van der Waals surface area contributed by atoms with Crippen molar-refractivity contribution in [1.82, 2.24) is 0 Å². The monoisotopic (exact) mass is 263 g/mol. The fourth-order valence-electron chi connectivity index (χ4n) is 2.59. The molecule has 3 heteroatoms. The zero-order valence-electron chi connectivity index (χ0n) is 12.0. The van der Waals surface area contributed by atoms with Crippen molar-refractivity contribution in [1.29, 1.82) is 0 Å². The lowest BCUT2D eigenvalue weighted by molar-refractivity contribution is 0.0901. The first-order valence-electron chi connectivity index (χ1n) is 7.25. The Morgan fingerprint density at radius 1 is 1.47 bits per heavy atom. The first kappa shape index (κ1) is 14.4. The van der Waals surface area contributed by atoms with Crippen molar-refractivity contribution in [2.24, 2.45) is 5.73 Å². The van der Waals surface area contributed by atoms with Gasteiger partial charge in [0, 0.05) is 19.1 Å². The van der Waals surface area contributed by atoms with Gasteiger partial charge in [-0.05, 0) is 44.2 Å². The molecule has 0 bridgehead atoms. The van der Waals surface area contributed by atoms with E-state index in [1.807, 2.05) is 6.92 Å². The van der Waals surface area contributed by atoms with Gasteiger partial charge < -0.3 is 15.2 Å². The summed E-state index contributed by atoms with van der Waals surface area (Å²) in [6.45, 7) is 5.75. The maximum atomic E-state index is 6.00. The number of aryl methyl sites for hydroxylation is 1. The lowest BCUT2D eigenvalue weighted by Crippen LogP contribution is -2.19. The second kappa shape index (κ2) is 6.92. The fourth-order valence-corrected chi connectivity index (χ4v) is 2.59. The van der Waals surface area contributed by atoms with E-state index in [1.54, 1.807) is 0 Å². The Morgan fingerprint density at radius 2 is 2.32 bits per heavy atom. The summed E-state index contributed by atoms with van der Waals surface area (Å²) in [4.78, 5) is 0. The van der Waals surface area contributed by atoms with Gasteiger partial charge in [0.05, 0.1) is 12.7 Å². The molecule has 1 aromatic rings. The highest BCUT2D eigenvalue weighted by atomic mass is 16.5. The Hall–Kier alpha value is -1.06. The highest BCUT2D eigenvalue weighted by Gasteiger charge is 2.16. The van der Waals surface area contributed by atoms with Crippen LogP contribution in [0.5, 0.6) is 5.75 Å². The number of ether oxygens (including phenoxy) is 2. The van der Waals surface area contributed by atoms with E-state index in [0.717, 1.165) is 31.8 Å². The number of nitrogens with two attached hydrogens (primary N) is 1. The van der Waals surface area contributed by atoms with Gasteiger partial charge in [0.15, 0.2) is 0 Å². The molecular formula is C16H25NO2. The van der Waals surface area contributed by atoms with Crippen molar-refractivity contribution in [3.8, 4) is 5.75 Å². The summed E-state index contributed by atoms with van der Waals surface area (Å²) in [5, 5.41) is 0. The van der Waals surface area contributed by atoms with Crippen molar-refractivity contribution in [3.05, 3.63) is 29.3 Å². The van der Waals surface area contributed by atoms with E-state index in [0.29, 0.717) is 6.10 Å². The predicted molar refractivity (Wildman–Crippen MR) is 77.6 cm³/mol. The second-order valence-corrected chi connectivity index (χ2v) is 5.52. The molecule has 106 valence electrons. The molecule has 3 nitrogen and oxygen atoms in total. The standard InChI is InChI=1S/C16H25NO2/c1-12-5-3-6-14(11-13(2)17)16(12)19-10-8-15-7-4-9-18-15/h3,5-6,13,15H,4,7-11,17H2,1-2H3. The lowest BCUT2D eigenvalue weighted by atomic mass is 10.0. The van der Waals surface area contributed by atoms with Gasteiger partial charge in [0.1, 0.15) is 5.75 Å². The summed E-state index contributed by atoms with van der Waals surface area (Å²) in [5.74, 6) is 1.01. The molecule has 19 heavy (non-hydrogen) atoms. The topological polar surface area (TPSA) is 44.5 Å². The van der Waals surface area contributed by atoms with Crippen LogP contribution in [0.2, 0.25) is 0 Å². The van der Waals surface area contributed by atoms with E-state index in [1.165, 1.54) is 24.0 Å². The molecular weight excluding hydrogens is 238 g/mol. The number of rotatable bonds is 6. The van der Waals surface area contributed by atoms with Gasteiger partial charge in [0.2, 0.25) is 0 Å². The predicted octanol–water partition coefficient (Wildman–Crippen LogP) is 2.83. The Bertz CT molecular complexity index is 398. The third kappa shape index (κ3) is 4.22. The van der Waals surface area contributed by atoms with Crippen molar-refractivity contribution in [2.75, 3.05) is 13.2 Å². The number of para-hydroxylation sites is 1. The SMILES string of the molecule is Cc1cccc(CC(C)N)c1OCCC1CCCO1. The smallest absolute Gasteiger partial charge is 0.125 e. The Morgan fingerprint density at radius 3 is 3.00 bits per heavy atom. The van der Waals surface area contributed by atoms with Crippen molar-refractivity contribution < 1.29 is 9.47 Å². The molecule has 2 N–H and O–H groups in total. The van der Waals surface area contributed by atoms with Crippen LogP contribution >= 0.6 is 0 Å². The summed E-state index contributed by atoms with van der Waals surface area (Å²) < 4.78 is 11.6. The van der Waals surface area contributed by atoms with Crippen molar-refractivity contribution >= 4 is 0 Å². The van der Waals surface area contributed by atoms with Crippen molar-refractivity contribution in [2.45, 2.75) is 51.7 Å². The molecule has 0 amide bonds. The normalized spacial score (nSPS) is 20.5. The van der Waals surface area contributed by atoms with Gasteiger partial charge in [-0.15, -0.1) is 0 Å². The maximum absolute atomic E-state index is 6.00. The van der Waals surface area contributed by atoms with Crippen LogP contribution in [0.4, 0.5) is 0 Å². The maximum Gasteiger partial charge on any atom is 0.125 e. The Labute approximate surface area is 116 Å². The van der Waals surface area contributed by atoms with Gasteiger partial charge in [-0.1, -0.05) is 18.2 Å². The van der Waals surface area contributed by atoms with E-state index in [4.69, 9.17) is 15.2 Å². The Kier molecular flexibility index (Phi) is 5.23. The number of hydrogen-bond donors (Lipinski definition) is 1. The van der Waals surface area contributed by atoms with Gasteiger partial charge in [-0.3, -0.25) is 0 Å². The lowest BCUT2D eigenvalue weighted by Gasteiger charge is -2.16. The zero-order valence-corrected chi connectivity index (χ0v) is 12.0. The summed E-state index contributed by atoms with van der Waals surface area (Å²) in [5.41, 5.74) is 8.29. The van der Waals surface area contributed by atoms with Crippen LogP contribution in [-0.2, 0) is 11.2 Å². The summed E-state index contributed by atoms with van der Waals surface area (Å²) in [7, 11) is 0. The molecule has 0 radical (unpaired) electrons. The number of benzene rings is 1. The van der Waals surface area contributed by atoms with Crippen LogP contribution in [0, 0.1) is 6.92 Å². The largest absolute Gasteiger partial charge is 0.493 e. The van der Waals surface area contributed by atoms with Crippen LogP contribution in [-0.4, -0.2) is 25.4 Å². The quantitative estimate of drug-likeness (QED) is 0.858. The molecule has 2 unspecified atom stereocenters. The first-order chi connectivity index (χ1) is 9.16. The highest BCUT2D eigenvalue weighted by molar-refractivity contribution is 5.41. The molecule has 0 saturated carbocycles. The van der Waals surface area contributed by atoms with E-state index in [9.17, 15) is 0 Å². The molecule has 1 heterocycles.